The molecule has 0 spiro atoms. The number of nitrogens with one attached hydrogen (secondary N) is 1. The van der Waals surface area contributed by atoms with Crippen LogP contribution < -0.4 is 5.32 Å². The summed E-state index contributed by atoms with van der Waals surface area (Å²) >= 11 is 1.79. The maximum atomic E-state index is 12.5. The second kappa shape index (κ2) is 9.24. The zero-order valence-corrected chi connectivity index (χ0v) is 16.5. The minimum Gasteiger partial charge on any atom is -0.350 e. The van der Waals surface area contributed by atoms with Crippen molar-refractivity contribution in [1.82, 2.24) is 10.2 Å². The Morgan fingerprint density at radius 1 is 1.15 bits per heavy atom. The van der Waals surface area contributed by atoms with Gasteiger partial charge in [0.1, 0.15) is 0 Å². The van der Waals surface area contributed by atoms with Gasteiger partial charge in [-0.15, -0.1) is 0 Å². The lowest BCUT2D eigenvalue weighted by atomic mass is 9.98. The van der Waals surface area contributed by atoms with Crippen LogP contribution in [0.3, 0.4) is 0 Å². The molecular formula is C22H28N2OS. The summed E-state index contributed by atoms with van der Waals surface area (Å²) in [6.07, 6.45) is 4.22. The van der Waals surface area contributed by atoms with Crippen LogP contribution in [-0.2, 0) is 18.7 Å². The summed E-state index contributed by atoms with van der Waals surface area (Å²) < 4.78 is 0. The van der Waals surface area contributed by atoms with Crippen LogP contribution in [0.15, 0.2) is 48.5 Å². The number of fused-ring (bicyclic) bond motifs is 1. The minimum atomic E-state index is 0.0246. The van der Waals surface area contributed by atoms with Crippen LogP contribution in [0.1, 0.15) is 40.4 Å². The number of amides is 1. The Kier molecular flexibility index (Phi) is 6.75. The predicted molar refractivity (Wildman–Crippen MR) is 111 cm³/mol. The molecule has 1 heterocycles. The molecule has 138 valence electrons. The number of rotatable bonds is 7. The largest absolute Gasteiger partial charge is 0.350 e. The number of hydrogen-bond donors (Lipinski definition) is 1. The second-order valence-electron chi connectivity index (χ2n) is 6.89. The third-order valence-electron chi connectivity index (χ3n) is 5.17. The predicted octanol–water partition coefficient (Wildman–Crippen LogP) is 4.12. The van der Waals surface area contributed by atoms with Gasteiger partial charge < -0.3 is 5.32 Å². The molecule has 3 nitrogen and oxygen atoms in total. The molecule has 1 amide bonds. The van der Waals surface area contributed by atoms with Crippen molar-refractivity contribution in [2.24, 2.45) is 0 Å². The average Bonchev–Trinajstić information content (AvgIpc) is 2.69. The van der Waals surface area contributed by atoms with Gasteiger partial charge in [-0.2, -0.15) is 11.8 Å². The van der Waals surface area contributed by atoms with E-state index < -0.39 is 0 Å². The smallest absolute Gasteiger partial charge is 0.251 e. The van der Waals surface area contributed by atoms with E-state index in [2.05, 4.69) is 47.7 Å². The van der Waals surface area contributed by atoms with Crippen LogP contribution in [0.4, 0.5) is 0 Å². The van der Waals surface area contributed by atoms with Crippen molar-refractivity contribution >= 4 is 17.7 Å². The van der Waals surface area contributed by atoms with Crippen molar-refractivity contribution < 1.29 is 4.79 Å². The van der Waals surface area contributed by atoms with E-state index in [9.17, 15) is 4.79 Å². The van der Waals surface area contributed by atoms with Gasteiger partial charge in [-0.1, -0.05) is 43.3 Å². The van der Waals surface area contributed by atoms with Crippen molar-refractivity contribution in [2.75, 3.05) is 19.3 Å². The summed E-state index contributed by atoms with van der Waals surface area (Å²) in [6.45, 7) is 4.95. The monoisotopic (exact) mass is 368 g/mol. The first-order valence-electron chi connectivity index (χ1n) is 9.38. The molecule has 2 aromatic carbocycles. The first-order chi connectivity index (χ1) is 12.7. The Morgan fingerprint density at radius 3 is 2.58 bits per heavy atom. The van der Waals surface area contributed by atoms with Gasteiger partial charge in [0, 0.05) is 37.0 Å². The summed E-state index contributed by atoms with van der Waals surface area (Å²) in [5, 5.41) is 3.14. The van der Waals surface area contributed by atoms with Crippen LogP contribution in [-0.4, -0.2) is 36.2 Å². The van der Waals surface area contributed by atoms with E-state index in [0.717, 1.165) is 37.2 Å². The van der Waals surface area contributed by atoms with E-state index in [1.807, 2.05) is 24.3 Å². The molecule has 0 bridgehead atoms. The van der Waals surface area contributed by atoms with Gasteiger partial charge in [-0.05, 0) is 47.9 Å². The lowest BCUT2D eigenvalue weighted by Gasteiger charge is -2.35. The van der Waals surface area contributed by atoms with Crippen molar-refractivity contribution in [3.8, 4) is 0 Å². The molecule has 0 saturated carbocycles. The topological polar surface area (TPSA) is 32.3 Å². The van der Waals surface area contributed by atoms with Crippen LogP contribution in [0.25, 0.3) is 0 Å². The number of benzene rings is 2. The second-order valence-corrected chi connectivity index (χ2v) is 7.76. The SMILES string of the molecule is CCC(CNC(=O)c1ccc(CSC)cc1)N1CCc2ccccc2C1. The van der Waals surface area contributed by atoms with E-state index in [4.69, 9.17) is 0 Å². The highest BCUT2D eigenvalue weighted by atomic mass is 32.2. The summed E-state index contributed by atoms with van der Waals surface area (Å²) in [5.74, 6) is 1.01. The van der Waals surface area contributed by atoms with Crippen LogP contribution in [0.5, 0.6) is 0 Å². The molecule has 0 aromatic heterocycles. The summed E-state index contributed by atoms with van der Waals surface area (Å²) in [6, 6.07) is 17.0. The lowest BCUT2D eigenvalue weighted by Crippen LogP contribution is -2.45. The van der Waals surface area contributed by atoms with E-state index >= 15 is 0 Å². The maximum Gasteiger partial charge on any atom is 0.251 e. The Balaban J connectivity index is 1.56. The van der Waals surface area contributed by atoms with Gasteiger partial charge >= 0.3 is 0 Å². The van der Waals surface area contributed by atoms with Gasteiger partial charge in [0.2, 0.25) is 0 Å². The zero-order chi connectivity index (χ0) is 18.4. The molecule has 0 fully saturated rings. The standard InChI is InChI=1S/C22H28N2OS/c1-3-21(24-13-12-18-6-4-5-7-20(18)15-24)14-23-22(25)19-10-8-17(9-11-19)16-26-2/h4-11,21H,3,12-16H2,1-2H3,(H,23,25). The third kappa shape index (κ3) is 4.68. The van der Waals surface area contributed by atoms with E-state index in [1.165, 1.54) is 16.7 Å². The molecule has 1 aliphatic rings. The fourth-order valence-electron chi connectivity index (χ4n) is 3.59. The van der Waals surface area contributed by atoms with Crippen LogP contribution >= 0.6 is 11.8 Å². The molecule has 1 aliphatic heterocycles. The van der Waals surface area contributed by atoms with Gasteiger partial charge in [0.25, 0.3) is 5.91 Å². The van der Waals surface area contributed by atoms with Gasteiger partial charge in [-0.3, -0.25) is 9.69 Å². The van der Waals surface area contributed by atoms with Gasteiger partial charge in [-0.25, -0.2) is 0 Å². The van der Waals surface area contributed by atoms with Crippen molar-refractivity contribution in [2.45, 2.75) is 38.1 Å². The molecule has 0 aliphatic carbocycles. The third-order valence-corrected chi connectivity index (χ3v) is 5.80. The van der Waals surface area contributed by atoms with Crippen molar-refractivity contribution in [3.05, 3.63) is 70.8 Å². The van der Waals surface area contributed by atoms with Crippen LogP contribution in [0, 0.1) is 0 Å². The molecule has 2 aromatic rings. The molecule has 1 unspecified atom stereocenters. The zero-order valence-electron chi connectivity index (χ0n) is 15.7. The first kappa shape index (κ1) is 19.0. The van der Waals surface area contributed by atoms with E-state index in [0.29, 0.717) is 12.6 Å². The molecule has 1 N–H and O–H groups in total. The fraction of sp³-hybridized carbons (Fsp3) is 0.409. The number of carbonyl (C=O) groups excluding carboxylic acids is 1. The van der Waals surface area contributed by atoms with E-state index in [-0.39, 0.29) is 5.91 Å². The van der Waals surface area contributed by atoms with E-state index in [1.54, 1.807) is 11.8 Å². The Hall–Kier alpha value is -1.78. The lowest BCUT2D eigenvalue weighted by molar-refractivity contribution is 0.0926. The van der Waals surface area contributed by atoms with Crippen LogP contribution in [0.2, 0.25) is 0 Å². The molecule has 0 saturated heterocycles. The highest BCUT2D eigenvalue weighted by molar-refractivity contribution is 7.97. The number of nitrogens with zero attached hydrogens (tertiary/aromatic N) is 1. The summed E-state index contributed by atoms with van der Waals surface area (Å²) in [7, 11) is 0. The maximum absolute atomic E-state index is 12.5. The minimum absolute atomic E-state index is 0.0246. The quantitative estimate of drug-likeness (QED) is 0.798. The normalized spacial score (nSPS) is 15.3. The number of thioether (sulfide) groups is 1. The highest BCUT2D eigenvalue weighted by Gasteiger charge is 2.22. The Morgan fingerprint density at radius 2 is 1.88 bits per heavy atom. The number of hydrogen-bond acceptors (Lipinski definition) is 3. The van der Waals surface area contributed by atoms with Crippen molar-refractivity contribution in [3.63, 3.8) is 0 Å². The fourth-order valence-corrected chi connectivity index (χ4v) is 4.12. The molecular weight excluding hydrogens is 340 g/mol. The Bertz CT molecular complexity index is 729. The highest BCUT2D eigenvalue weighted by Crippen LogP contribution is 2.21. The summed E-state index contributed by atoms with van der Waals surface area (Å²) in [5.41, 5.74) is 4.89. The molecule has 0 radical (unpaired) electrons. The average molecular weight is 369 g/mol. The van der Waals surface area contributed by atoms with Gasteiger partial charge in [0.05, 0.1) is 0 Å². The molecule has 3 rings (SSSR count). The Labute approximate surface area is 161 Å². The van der Waals surface area contributed by atoms with Crippen molar-refractivity contribution in [1.29, 1.82) is 0 Å². The molecule has 26 heavy (non-hydrogen) atoms. The molecule has 1 atom stereocenters. The van der Waals surface area contributed by atoms with Gasteiger partial charge in [0.15, 0.2) is 0 Å². The summed E-state index contributed by atoms with van der Waals surface area (Å²) in [4.78, 5) is 15.0. The number of carbonyl (C=O) groups is 1. The first-order valence-corrected chi connectivity index (χ1v) is 10.8. The molecule has 4 heteroatoms.